The molecule has 0 saturated carbocycles. The predicted molar refractivity (Wildman–Crippen MR) is 195 cm³/mol. The third-order valence-corrected chi connectivity index (χ3v) is 10.4. The first-order valence-corrected chi connectivity index (χ1v) is 16.6. The zero-order valence-electron chi connectivity index (χ0n) is 28.7. The summed E-state index contributed by atoms with van der Waals surface area (Å²) in [7, 11) is 6.17. The van der Waals surface area contributed by atoms with Crippen LogP contribution in [0.25, 0.3) is 43.1 Å². The minimum atomic E-state index is -0.391. The molecule has 7 aromatic rings. The molecule has 0 fully saturated rings. The summed E-state index contributed by atoms with van der Waals surface area (Å²) in [6.07, 6.45) is 0. The molecule has 7 aromatic carbocycles. The molecule has 52 heavy (non-hydrogen) atoms. The Morgan fingerprint density at radius 3 is 0.981 bits per heavy atom. The number of amides is 4. The van der Waals surface area contributed by atoms with Gasteiger partial charge in [0.05, 0.1) is 41.5 Å². The number of hydrogen-bond donors (Lipinski definition) is 0. The van der Waals surface area contributed by atoms with E-state index in [1.807, 2.05) is 24.3 Å². The standard InChI is InChI=1S/C42H30N2O8/c1-49-31-15-5-21(17-33(31)51-3)19-43-39(45)27-11-7-23-25-9-13-29-38-30(14-10-26(36(25)38)24-8-12-28(40(43)46)37(27)35(23)24)42(48)44(41(29)47)20-22-6-16-32(50-2)34(18-22)52-4/h5-18H,19-20H2,1-4H3. The van der Waals surface area contributed by atoms with Crippen molar-refractivity contribution in [3.05, 3.63) is 118 Å². The molecule has 0 unspecified atom stereocenters. The van der Waals surface area contributed by atoms with Gasteiger partial charge in [-0.05, 0) is 92.0 Å². The molecule has 2 aliphatic heterocycles. The highest BCUT2D eigenvalue weighted by Gasteiger charge is 2.37. The molecule has 256 valence electrons. The molecule has 0 atom stereocenters. The molecule has 2 heterocycles. The molecule has 0 spiro atoms. The highest BCUT2D eigenvalue weighted by Crippen LogP contribution is 2.46. The van der Waals surface area contributed by atoms with Gasteiger partial charge in [0, 0.05) is 33.0 Å². The van der Waals surface area contributed by atoms with Gasteiger partial charge in [-0.15, -0.1) is 0 Å². The number of methoxy groups -OCH3 is 4. The third-order valence-electron chi connectivity index (χ3n) is 10.4. The Bertz CT molecular complexity index is 2430. The lowest BCUT2D eigenvalue weighted by Crippen LogP contribution is -2.40. The van der Waals surface area contributed by atoms with E-state index in [0.29, 0.717) is 67.2 Å². The Balaban J connectivity index is 1.16. The number of nitrogens with zero attached hydrogens (tertiary/aromatic N) is 2. The molecule has 0 N–H and O–H groups in total. The zero-order valence-corrected chi connectivity index (χ0v) is 28.7. The Hall–Kier alpha value is -6.68. The van der Waals surface area contributed by atoms with Crippen LogP contribution in [0.3, 0.4) is 0 Å². The van der Waals surface area contributed by atoms with Crippen molar-refractivity contribution >= 4 is 66.7 Å². The van der Waals surface area contributed by atoms with Crippen LogP contribution in [-0.4, -0.2) is 61.9 Å². The van der Waals surface area contributed by atoms with E-state index in [-0.39, 0.29) is 13.1 Å². The second-order valence-electron chi connectivity index (χ2n) is 12.9. The van der Waals surface area contributed by atoms with E-state index in [4.69, 9.17) is 18.9 Å². The molecule has 9 rings (SSSR count). The van der Waals surface area contributed by atoms with Crippen LogP contribution in [0.15, 0.2) is 84.9 Å². The van der Waals surface area contributed by atoms with Gasteiger partial charge >= 0.3 is 0 Å². The van der Waals surface area contributed by atoms with Gasteiger partial charge in [0.1, 0.15) is 0 Å². The van der Waals surface area contributed by atoms with Gasteiger partial charge < -0.3 is 18.9 Å². The van der Waals surface area contributed by atoms with E-state index in [1.165, 1.54) is 24.0 Å². The van der Waals surface area contributed by atoms with Crippen LogP contribution in [0.4, 0.5) is 0 Å². The van der Waals surface area contributed by atoms with E-state index < -0.39 is 23.6 Å². The number of ether oxygens (including phenoxy) is 4. The Labute approximate surface area is 297 Å². The molecule has 0 radical (unpaired) electrons. The molecule has 0 saturated heterocycles. The number of benzene rings is 7. The summed E-state index contributed by atoms with van der Waals surface area (Å²) in [5, 5.41) is 6.09. The fourth-order valence-electron chi connectivity index (χ4n) is 7.98. The molecule has 10 heteroatoms. The van der Waals surface area contributed by atoms with E-state index in [9.17, 15) is 19.2 Å². The number of hydrogen-bond acceptors (Lipinski definition) is 8. The van der Waals surface area contributed by atoms with Crippen LogP contribution >= 0.6 is 0 Å². The maximum atomic E-state index is 14.1. The molecular formula is C42H30N2O8. The van der Waals surface area contributed by atoms with Gasteiger partial charge in [-0.2, -0.15) is 0 Å². The van der Waals surface area contributed by atoms with E-state index >= 15 is 0 Å². The van der Waals surface area contributed by atoms with Crippen molar-refractivity contribution < 1.29 is 38.1 Å². The SMILES string of the molecule is COc1ccc(CN2C(=O)c3ccc4c5ccc6c7c(ccc(c8ccc(c3c48)C2=O)c75)C(=O)N(Cc2ccc(OC)c(OC)c2)C6=O)cc1OC. The van der Waals surface area contributed by atoms with Crippen molar-refractivity contribution in [2.24, 2.45) is 0 Å². The fraction of sp³-hybridized carbons (Fsp3) is 0.143. The van der Waals surface area contributed by atoms with Crippen LogP contribution < -0.4 is 18.9 Å². The average Bonchev–Trinajstić information content (AvgIpc) is 3.18. The van der Waals surface area contributed by atoms with Crippen molar-refractivity contribution in [1.29, 1.82) is 0 Å². The first-order chi connectivity index (χ1) is 25.3. The maximum Gasteiger partial charge on any atom is 0.261 e. The first kappa shape index (κ1) is 31.3. The second-order valence-corrected chi connectivity index (χ2v) is 12.9. The van der Waals surface area contributed by atoms with E-state index in [2.05, 4.69) is 0 Å². The lowest BCUT2D eigenvalue weighted by atomic mass is 9.82. The molecule has 0 bridgehead atoms. The third kappa shape index (κ3) is 4.24. The van der Waals surface area contributed by atoms with Gasteiger partial charge in [0.15, 0.2) is 23.0 Å². The number of carbonyl (C=O) groups excluding carboxylic acids is 4. The van der Waals surface area contributed by atoms with Gasteiger partial charge in [-0.3, -0.25) is 29.0 Å². The van der Waals surface area contributed by atoms with Gasteiger partial charge in [-0.25, -0.2) is 0 Å². The largest absolute Gasteiger partial charge is 0.493 e. The number of imide groups is 2. The van der Waals surface area contributed by atoms with Crippen molar-refractivity contribution in [2.75, 3.05) is 28.4 Å². The highest BCUT2D eigenvalue weighted by atomic mass is 16.5. The highest BCUT2D eigenvalue weighted by molar-refractivity contribution is 6.41. The van der Waals surface area contributed by atoms with E-state index in [1.54, 1.807) is 74.9 Å². The van der Waals surface area contributed by atoms with Gasteiger partial charge in [0.2, 0.25) is 0 Å². The number of carbonyl (C=O) groups is 4. The first-order valence-electron chi connectivity index (χ1n) is 16.6. The fourth-order valence-corrected chi connectivity index (χ4v) is 7.98. The van der Waals surface area contributed by atoms with Crippen molar-refractivity contribution in [1.82, 2.24) is 9.80 Å². The lowest BCUT2D eigenvalue weighted by Gasteiger charge is -2.30. The predicted octanol–water partition coefficient (Wildman–Crippen LogP) is 7.36. The minimum absolute atomic E-state index is 0.0568. The molecule has 4 amide bonds. The average molecular weight is 691 g/mol. The summed E-state index contributed by atoms with van der Waals surface area (Å²) < 4.78 is 21.6. The second kappa shape index (κ2) is 11.4. The smallest absolute Gasteiger partial charge is 0.261 e. The van der Waals surface area contributed by atoms with Crippen molar-refractivity contribution in [2.45, 2.75) is 13.1 Å². The van der Waals surface area contributed by atoms with Gasteiger partial charge in [0.25, 0.3) is 23.6 Å². The molecule has 0 aliphatic carbocycles. The molecular weight excluding hydrogens is 660 g/mol. The minimum Gasteiger partial charge on any atom is -0.493 e. The van der Waals surface area contributed by atoms with Crippen LogP contribution in [0.5, 0.6) is 23.0 Å². The van der Waals surface area contributed by atoms with Crippen LogP contribution in [-0.2, 0) is 13.1 Å². The topological polar surface area (TPSA) is 112 Å². The Kier molecular flexibility index (Phi) is 6.88. The Morgan fingerprint density at radius 1 is 0.385 bits per heavy atom. The van der Waals surface area contributed by atoms with Gasteiger partial charge in [-0.1, -0.05) is 36.4 Å². The molecule has 0 aromatic heterocycles. The summed E-state index contributed by atoms with van der Waals surface area (Å²) in [5.74, 6) is 0.542. The monoisotopic (exact) mass is 690 g/mol. The molecule has 10 nitrogen and oxygen atoms in total. The van der Waals surface area contributed by atoms with E-state index in [0.717, 1.165) is 32.3 Å². The summed E-state index contributed by atoms with van der Waals surface area (Å²) in [5.41, 5.74) is 3.16. The van der Waals surface area contributed by atoms with Crippen LogP contribution in [0, 0.1) is 0 Å². The van der Waals surface area contributed by atoms with Crippen LogP contribution in [0.2, 0.25) is 0 Å². The lowest BCUT2D eigenvalue weighted by molar-refractivity contribution is 0.0583. The summed E-state index contributed by atoms with van der Waals surface area (Å²) in [6, 6.07) is 25.3. The Morgan fingerprint density at radius 2 is 0.692 bits per heavy atom. The maximum absolute atomic E-state index is 14.1. The normalized spacial score (nSPS) is 14.0. The summed E-state index contributed by atoms with van der Waals surface area (Å²) >= 11 is 0. The van der Waals surface area contributed by atoms with Crippen LogP contribution in [0.1, 0.15) is 52.6 Å². The summed E-state index contributed by atoms with van der Waals surface area (Å²) in [4.78, 5) is 58.7. The zero-order chi connectivity index (χ0) is 36.0. The van der Waals surface area contributed by atoms with Crippen molar-refractivity contribution in [3.8, 4) is 23.0 Å². The van der Waals surface area contributed by atoms with Crippen molar-refractivity contribution in [3.63, 3.8) is 0 Å². The molecule has 2 aliphatic rings. The number of fused-ring (bicyclic) bond motifs is 2. The summed E-state index contributed by atoms with van der Waals surface area (Å²) in [6.45, 7) is 0.114. The number of rotatable bonds is 8. The quantitative estimate of drug-likeness (QED) is 0.0924.